The normalized spacial score (nSPS) is 13.6. The Labute approximate surface area is 103 Å². The quantitative estimate of drug-likeness (QED) is 0.471. The molecule has 0 spiro atoms. The van der Waals surface area contributed by atoms with Crippen molar-refractivity contribution in [3.63, 3.8) is 0 Å². The molecule has 1 nitrogen and oxygen atoms in total. The second kappa shape index (κ2) is 8.45. The lowest BCUT2D eigenvalue weighted by atomic mass is 10.2. The van der Waals surface area contributed by atoms with Crippen LogP contribution in [0.1, 0.15) is 20.8 Å². The molecule has 0 saturated carbocycles. The number of aliphatic imine (C=N–C) groups is 1. The zero-order valence-electron chi connectivity index (χ0n) is 10.8. The summed E-state index contributed by atoms with van der Waals surface area (Å²) in [6, 6.07) is 0. The third-order valence-electron chi connectivity index (χ3n) is 1.87. The molecular weight excluding hydrogens is 213 g/mol. The third-order valence-corrected chi connectivity index (χ3v) is 1.87. The average Bonchev–Trinajstić information content (AvgIpc) is 2.25. The highest BCUT2D eigenvalue weighted by Crippen LogP contribution is 2.12. The van der Waals surface area contributed by atoms with Crippen LogP contribution in [0.25, 0.3) is 0 Å². The van der Waals surface area contributed by atoms with Gasteiger partial charge >= 0.3 is 0 Å². The van der Waals surface area contributed by atoms with Gasteiger partial charge in [0, 0.05) is 11.3 Å². The topological polar surface area (TPSA) is 12.4 Å². The van der Waals surface area contributed by atoms with Gasteiger partial charge in [-0.15, -0.1) is 0 Å². The molecule has 92 valence electrons. The van der Waals surface area contributed by atoms with E-state index in [2.05, 4.69) is 18.2 Å². The van der Waals surface area contributed by atoms with Crippen LogP contribution < -0.4 is 0 Å². The predicted octanol–water partition coefficient (Wildman–Crippen LogP) is 4.57. The van der Waals surface area contributed by atoms with E-state index in [4.69, 9.17) is 0 Å². The van der Waals surface area contributed by atoms with Crippen molar-refractivity contribution in [1.29, 1.82) is 0 Å². The van der Waals surface area contributed by atoms with E-state index in [9.17, 15) is 4.39 Å². The zero-order valence-corrected chi connectivity index (χ0v) is 10.8. The lowest BCUT2D eigenvalue weighted by Crippen LogP contribution is -1.93. The standard InChI is InChI=1S/C15H20FN/c1-6-7-8-9-14(5)17-11-13(4)15(16)10-12(2)3/h6-10H,2,4,11H2,1,3,5H3/b7-6+,9-8-,15-10+,17-14?. The Hall–Kier alpha value is -1.70. The lowest BCUT2D eigenvalue weighted by molar-refractivity contribution is 0.647. The number of allylic oxidation sites excluding steroid dienone is 6. The van der Waals surface area contributed by atoms with Crippen molar-refractivity contribution < 1.29 is 4.39 Å². The molecule has 0 rings (SSSR count). The van der Waals surface area contributed by atoms with E-state index in [1.165, 1.54) is 6.08 Å². The lowest BCUT2D eigenvalue weighted by Gasteiger charge is -2.00. The van der Waals surface area contributed by atoms with E-state index in [-0.39, 0.29) is 12.4 Å². The van der Waals surface area contributed by atoms with Gasteiger partial charge in [-0.1, -0.05) is 37.0 Å². The molecule has 0 aromatic heterocycles. The fourth-order valence-corrected chi connectivity index (χ4v) is 0.973. The maximum Gasteiger partial charge on any atom is 0.127 e. The van der Waals surface area contributed by atoms with Crippen LogP contribution in [0, 0.1) is 0 Å². The van der Waals surface area contributed by atoms with Crippen LogP contribution >= 0.6 is 0 Å². The van der Waals surface area contributed by atoms with Crippen LogP contribution in [0.15, 0.2) is 65.5 Å². The van der Waals surface area contributed by atoms with Crippen molar-refractivity contribution in [1.82, 2.24) is 0 Å². The first kappa shape index (κ1) is 15.3. The highest BCUT2D eigenvalue weighted by atomic mass is 19.1. The van der Waals surface area contributed by atoms with Crippen molar-refractivity contribution >= 4 is 5.71 Å². The van der Waals surface area contributed by atoms with E-state index >= 15 is 0 Å². The highest BCUT2D eigenvalue weighted by molar-refractivity contribution is 5.93. The Morgan fingerprint density at radius 2 is 1.88 bits per heavy atom. The molecular formula is C15H20FN. The van der Waals surface area contributed by atoms with Gasteiger partial charge in [-0.05, 0) is 32.9 Å². The van der Waals surface area contributed by atoms with Crippen LogP contribution in [-0.4, -0.2) is 12.3 Å². The van der Waals surface area contributed by atoms with E-state index in [0.29, 0.717) is 11.1 Å². The molecule has 0 saturated heterocycles. The second-order valence-electron chi connectivity index (χ2n) is 3.78. The smallest absolute Gasteiger partial charge is 0.127 e. The number of rotatable bonds is 6. The van der Waals surface area contributed by atoms with Crippen molar-refractivity contribution in [3.8, 4) is 0 Å². The Bertz CT molecular complexity index is 395. The summed E-state index contributed by atoms with van der Waals surface area (Å²) in [4.78, 5) is 4.21. The molecule has 0 unspecified atom stereocenters. The van der Waals surface area contributed by atoms with Crippen LogP contribution in [-0.2, 0) is 0 Å². The zero-order chi connectivity index (χ0) is 13.3. The number of hydrogen-bond acceptors (Lipinski definition) is 1. The van der Waals surface area contributed by atoms with E-state index in [0.717, 1.165) is 5.71 Å². The van der Waals surface area contributed by atoms with Gasteiger partial charge in [0.15, 0.2) is 0 Å². The molecule has 0 N–H and O–H groups in total. The van der Waals surface area contributed by atoms with Crippen LogP contribution in [0.3, 0.4) is 0 Å². The first-order valence-electron chi connectivity index (χ1n) is 5.48. The SMILES string of the molecule is C=C(C)/C=C(/F)C(=C)CN=C(C)/C=C\C=C\C. The predicted molar refractivity (Wildman–Crippen MR) is 75.1 cm³/mol. The van der Waals surface area contributed by atoms with Crippen LogP contribution in [0.4, 0.5) is 4.39 Å². The fraction of sp³-hybridized carbons (Fsp3) is 0.267. The van der Waals surface area contributed by atoms with Gasteiger partial charge in [0.1, 0.15) is 5.83 Å². The summed E-state index contributed by atoms with van der Waals surface area (Å²) >= 11 is 0. The average molecular weight is 233 g/mol. The molecule has 0 fully saturated rings. The van der Waals surface area contributed by atoms with E-state index in [1.807, 2.05) is 38.2 Å². The van der Waals surface area contributed by atoms with Crippen LogP contribution in [0.5, 0.6) is 0 Å². The van der Waals surface area contributed by atoms with Crippen molar-refractivity contribution in [2.75, 3.05) is 6.54 Å². The molecule has 0 aliphatic carbocycles. The molecule has 0 aliphatic rings. The first-order valence-corrected chi connectivity index (χ1v) is 5.48. The largest absolute Gasteiger partial charge is 0.285 e. The van der Waals surface area contributed by atoms with Gasteiger partial charge < -0.3 is 0 Å². The minimum atomic E-state index is -0.355. The molecule has 0 atom stereocenters. The third kappa shape index (κ3) is 8.14. The first-order chi connectivity index (χ1) is 7.97. The summed E-state index contributed by atoms with van der Waals surface area (Å²) in [7, 11) is 0. The van der Waals surface area contributed by atoms with Gasteiger partial charge in [0.05, 0.1) is 6.54 Å². The summed E-state index contributed by atoms with van der Waals surface area (Å²) in [5.74, 6) is -0.355. The minimum absolute atomic E-state index is 0.266. The highest BCUT2D eigenvalue weighted by Gasteiger charge is 2.00. The monoisotopic (exact) mass is 233 g/mol. The molecule has 17 heavy (non-hydrogen) atoms. The summed E-state index contributed by atoms with van der Waals surface area (Å²) in [5, 5.41) is 0. The Morgan fingerprint density at radius 3 is 2.41 bits per heavy atom. The van der Waals surface area contributed by atoms with Gasteiger partial charge in [-0.25, -0.2) is 4.39 Å². The number of halogens is 1. The summed E-state index contributed by atoms with van der Waals surface area (Å²) in [5.41, 5.74) is 1.87. The van der Waals surface area contributed by atoms with Crippen molar-refractivity contribution in [3.05, 3.63) is 60.5 Å². The molecule has 0 amide bonds. The molecule has 0 aromatic rings. The van der Waals surface area contributed by atoms with E-state index < -0.39 is 0 Å². The van der Waals surface area contributed by atoms with Crippen LogP contribution in [0.2, 0.25) is 0 Å². The minimum Gasteiger partial charge on any atom is -0.285 e. The Balaban J connectivity index is 4.41. The maximum atomic E-state index is 13.4. The Kier molecular flexibility index (Phi) is 7.61. The molecule has 0 bridgehead atoms. The molecule has 0 aliphatic heterocycles. The van der Waals surface area contributed by atoms with Gasteiger partial charge in [0.2, 0.25) is 0 Å². The van der Waals surface area contributed by atoms with Crippen molar-refractivity contribution in [2.24, 2.45) is 4.99 Å². The van der Waals surface area contributed by atoms with E-state index in [1.54, 1.807) is 6.92 Å². The van der Waals surface area contributed by atoms with Gasteiger partial charge in [-0.2, -0.15) is 0 Å². The van der Waals surface area contributed by atoms with Gasteiger partial charge in [-0.3, -0.25) is 4.99 Å². The molecule has 0 radical (unpaired) electrons. The summed E-state index contributed by atoms with van der Waals surface area (Å²) < 4.78 is 13.4. The summed E-state index contributed by atoms with van der Waals surface area (Å²) in [6.07, 6.45) is 8.96. The molecule has 0 heterocycles. The molecule has 2 heteroatoms. The maximum absolute atomic E-state index is 13.4. The summed E-state index contributed by atoms with van der Waals surface area (Å²) in [6.45, 7) is 13.1. The Morgan fingerprint density at radius 1 is 1.24 bits per heavy atom. The molecule has 0 aromatic carbocycles. The van der Waals surface area contributed by atoms with Crippen molar-refractivity contribution in [2.45, 2.75) is 20.8 Å². The number of nitrogens with zero attached hydrogens (tertiary/aromatic N) is 1. The fourth-order valence-electron chi connectivity index (χ4n) is 0.973. The second-order valence-corrected chi connectivity index (χ2v) is 3.78. The number of hydrogen-bond donors (Lipinski definition) is 0. The van der Waals surface area contributed by atoms with Gasteiger partial charge in [0.25, 0.3) is 0 Å².